The van der Waals surface area contributed by atoms with Gasteiger partial charge in [-0.15, -0.1) is 0 Å². The Morgan fingerprint density at radius 2 is 1.80 bits per heavy atom. The van der Waals surface area contributed by atoms with Crippen LogP contribution in [0.15, 0.2) is 12.1 Å². The summed E-state index contributed by atoms with van der Waals surface area (Å²) in [5, 5.41) is 8.68. The van der Waals surface area contributed by atoms with Crippen LogP contribution in [0.3, 0.4) is 0 Å². The molecule has 0 saturated heterocycles. The number of nitrogens with zero attached hydrogens (tertiary/aromatic N) is 2. The number of hydrogen-bond acceptors (Lipinski definition) is 2. The Hall–Kier alpha value is -0.920. The third-order valence-corrected chi connectivity index (χ3v) is 3.32. The van der Waals surface area contributed by atoms with Gasteiger partial charge in [0.1, 0.15) is 0 Å². The van der Waals surface area contributed by atoms with Crippen LogP contribution in [0.1, 0.15) is 69.2 Å². The first-order valence-corrected chi connectivity index (χ1v) is 6.11. The van der Waals surface area contributed by atoms with Gasteiger partial charge in [0, 0.05) is 5.92 Å². The Morgan fingerprint density at radius 1 is 1.07 bits per heavy atom. The lowest BCUT2D eigenvalue weighted by Gasteiger charge is -2.20. The molecule has 0 aliphatic heterocycles. The van der Waals surface area contributed by atoms with Crippen molar-refractivity contribution in [3.8, 4) is 0 Å². The summed E-state index contributed by atoms with van der Waals surface area (Å²) in [7, 11) is 0. The van der Waals surface area contributed by atoms with E-state index in [0.717, 1.165) is 5.69 Å². The average molecular weight is 204 g/mol. The molecule has 0 atom stereocenters. The standard InChI is InChI=1S/C13H20N2/c1-10(2)12-8-9-13(15-14-12)11-6-4-3-5-7-11/h8-11H,3-7H2,1-2H3. The fourth-order valence-corrected chi connectivity index (χ4v) is 2.28. The van der Waals surface area contributed by atoms with Crippen LogP contribution in [0.4, 0.5) is 0 Å². The summed E-state index contributed by atoms with van der Waals surface area (Å²) < 4.78 is 0. The second-order valence-electron chi connectivity index (χ2n) is 4.87. The topological polar surface area (TPSA) is 25.8 Å². The molecule has 1 aliphatic carbocycles. The van der Waals surface area contributed by atoms with E-state index in [9.17, 15) is 0 Å². The number of aromatic nitrogens is 2. The smallest absolute Gasteiger partial charge is 0.0662 e. The van der Waals surface area contributed by atoms with E-state index in [1.54, 1.807) is 0 Å². The zero-order valence-corrected chi connectivity index (χ0v) is 9.74. The van der Waals surface area contributed by atoms with E-state index in [4.69, 9.17) is 0 Å². The summed E-state index contributed by atoms with van der Waals surface area (Å²) in [4.78, 5) is 0. The van der Waals surface area contributed by atoms with Crippen LogP contribution in [0.2, 0.25) is 0 Å². The van der Waals surface area contributed by atoms with Gasteiger partial charge in [0.25, 0.3) is 0 Å². The molecular weight excluding hydrogens is 184 g/mol. The molecule has 15 heavy (non-hydrogen) atoms. The van der Waals surface area contributed by atoms with E-state index in [0.29, 0.717) is 11.8 Å². The van der Waals surface area contributed by atoms with E-state index in [2.05, 4.69) is 36.2 Å². The molecule has 0 spiro atoms. The van der Waals surface area contributed by atoms with E-state index in [1.165, 1.54) is 37.8 Å². The summed E-state index contributed by atoms with van der Waals surface area (Å²) in [6, 6.07) is 4.32. The van der Waals surface area contributed by atoms with Crippen molar-refractivity contribution in [2.24, 2.45) is 0 Å². The van der Waals surface area contributed by atoms with Gasteiger partial charge in [-0.3, -0.25) is 0 Å². The molecule has 1 aliphatic rings. The van der Waals surface area contributed by atoms with Gasteiger partial charge in [-0.25, -0.2) is 0 Å². The number of hydrogen-bond donors (Lipinski definition) is 0. The molecule has 1 saturated carbocycles. The lowest BCUT2D eigenvalue weighted by atomic mass is 9.87. The van der Waals surface area contributed by atoms with Crippen LogP contribution in [-0.4, -0.2) is 10.2 Å². The largest absolute Gasteiger partial charge is 0.155 e. The second-order valence-corrected chi connectivity index (χ2v) is 4.87. The molecule has 0 bridgehead atoms. The quantitative estimate of drug-likeness (QED) is 0.735. The molecule has 2 nitrogen and oxygen atoms in total. The van der Waals surface area contributed by atoms with Crippen molar-refractivity contribution >= 4 is 0 Å². The molecule has 0 amide bonds. The third-order valence-electron chi connectivity index (χ3n) is 3.32. The highest BCUT2D eigenvalue weighted by molar-refractivity contribution is 5.13. The Bertz CT molecular complexity index is 297. The minimum absolute atomic E-state index is 0.484. The maximum Gasteiger partial charge on any atom is 0.0662 e. The summed E-state index contributed by atoms with van der Waals surface area (Å²) in [6.45, 7) is 4.31. The maximum atomic E-state index is 4.37. The highest BCUT2D eigenvalue weighted by Crippen LogP contribution is 2.31. The molecular formula is C13H20N2. The molecule has 2 rings (SSSR count). The monoisotopic (exact) mass is 204 g/mol. The zero-order chi connectivity index (χ0) is 10.7. The van der Waals surface area contributed by atoms with Gasteiger partial charge in [-0.1, -0.05) is 33.1 Å². The normalized spacial score (nSPS) is 18.3. The van der Waals surface area contributed by atoms with E-state index in [-0.39, 0.29) is 0 Å². The maximum absolute atomic E-state index is 4.37. The predicted molar refractivity (Wildman–Crippen MR) is 61.9 cm³/mol. The van der Waals surface area contributed by atoms with Crippen molar-refractivity contribution in [2.75, 3.05) is 0 Å². The molecule has 0 aromatic carbocycles. The highest BCUT2D eigenvalue weighted by atomic mass is 15.1. The molecule has 1 fully saturated rings. The highest BCUT2D eigenvalue weighted by Gasteiger charge is 2.17. The minimum Gasteiger partial charge on any atom is -0.155 e. The molecule has 82 valence electrons. The zero-order valence-electron chi connectivity index (χ0n) is 9.74. The van der Waals surface area contributed by atoms with Crippen molar-refractivity contribution in [1.29, 1.82) is 0 Å². The van der Waals surface area contributed by atoms with Crippen LogP contribution in [0.25, 0.3) is 0 Å². The first-order chi connectivity index (χ1) is 7.27. The third kappa shape index (κ3) is 2.55. The van der Waals surface area contributed by atoms with E-state index >= 15 is 0 Å². The van der Waals surface area contributed by atoms with Crippen molar-refractivity contribution in [3.63, 3.8) is 0 Å². The minimum atomic E-state index is 0.484. The lowest BCUT2D eigenvalue weighted by Crippen LogP contribution is -2.08. The first kappa shape index (κ1) is 10.6. The van der Waals surface area contributed by atoms with E-state index in [1.807, 2.05) is 0 Å². The summed E-state index contributed by atoms with van der Waals surface area (Å²) in [6.07, 6.45) is 6.72. The molecule has 0 unspecified atom stereocenters. The van der Waals surface area contributed by atoms with Gasteiger partial charge >= 0.3 is 0 Å². The first-order valence-electron chi connectivity index (χ1n) is 6.11. The van der Waals surface area contributed by atoms with Gasteiger partial charge in [0.15, 0.2) is 0 Å². The predicted octanol–water partition coefficient (Wildman–Crippen LogP) is 3.65. The van der Waals surface area contributed by atoms with Crippen LogP contribution >= 0.6 is 0 Å². The summed E-state index contributed by atoms with van der Waals surface area (Å²) >= 11 is 0. The van der Waals surface area contributed by atoms with Gasteiger partial charge < -0.3 is 0 Å². The molecule has 0 N–H and O–H groups in total. The molecule has 1 heterocycles. The Morgan fingerprint density at radius 3 is 2.33 bits per heavy atom. The van der Waals surface area contributed by atoms with Crippen molar-refractivity contribution < 1.29 is 0 Å². The Balaban J connectivity index is 2.08. The van der Waals surface area contributed by atoms with Crippen molar-refractivity contribution in [2.45, 2.75) is 57.8 Å². The molecule has 1 aromatic heterocycles. The van der Waals surface area contributed by atoms with Crippen LogP contribution in [-0.2, 0) is 0 Å². The molecule has 2 heteroatoms. The lowest BCUT2D eigenvalue weighted by molar-refractivity contribution is 0.433. The SMILES string of the molecule is CC(C)c1ccc(C2CCCCC2)nn1. The molecule has 0 radical (unpaired) electrons. The van der Waals surface area contributed by atoms with Crippen LogP contribution in [0, 0.1) is 0 Å². The van der Waals surface area contributed by atoms with Crippen LogP contribution in [0.5, 0.6) is 0 Å². The van der Waals surface area contributed by atoms with Gasteiger partial charge in [0.05, 0.1) is 11.4 Å². The fourth-order valence-electron chi connectivity index (χ4n) is 2.28. The summed E-state index contributed by atoms with van der Waals surface area (Å²) in [5.74, 6) is 1.16. The van der Waals surface area contributed by atoms with Gasteiger partial charge in [-0.2, -0.15) is 10.2 Å². The average Bonchev–Trinajstić information content (AvgIpc) is 2.30. The van der Waals surface area contributed by atoms with Gasteiger partial charge in [0.2, 0.25) is 0 Å². The second kappa shape index (κ2) is 4.73. The summed E-state index contributed by atoms with van der Waals surface area (Å²) in [5.41, 5.74) is 2.31. The van der Waals surface area contributed by atoms with E-state index < -0.39 is 0 Å². The molecule has 1 aromatic rings. The van der Waals surface area contributed by atoms with Crippen LogP contribution < -0.4 is 0 Å². The Labute approximate surface area is 92.1 Å². The van der Waals surface area contributed by atoms with Crippen molar-refractivity contribution in [1.82, 2.24) is 10.2 Å². The Kier molecular flexibility index (Phi) is 3.34. The number of rotatable bonds is 2. The van der Waals surface area contributed by atoms with Crippen molar-refractivity contribution in [3.05, 3.63) is 23.5 Å². The van der Waals surface area contributed by atoms with Gasteiger partial charge in [-0.05, 0) is 30.9 Å². The fraction of sp³-hybridized carbons (Fsp3) is 0.692.